The van der Waals surface area contributed by atoms with E-state index in [1.165, 1.54) is 13.8 Å². The van der Waals surface area contributed by atoms with E-state index in [1.54, 1.807) is 10.9 Å². The van der Waals surface area contributed by atoms with E-state index in [4.69, 9.17) is 0 Å². The normalized spacial score (nSPS) is 6.80. The second-order valence-electron chi connectivity index (χ2n) is 1.53. The molecule has 0 fully saturated rings. The van der Waals surface area contributed by atoms with E-state index >= 15 is 0 Å². The first-order valence-corrected chi connectivity index (χ1v) is 2.49. The Morgan fingerprint density at radius 2 is 1.30 bits per heavy atom. The van der Waals surface area contributed by atoms with Crippen LogP contribution in [-0.2, 0) is 4.79 Å². The lowest BCUT2D eigenvalue weighted by atomic mass is 10.6. The number of nitrogens with two attached hydrogens (primary N) is 2. The van der Waals surface area contributed by atoms with Gasteiger partial charge in [0.2, 0.25) is 0 Å². The summed E-state index contributed by atoms with van der Waals surface area (Å²) in [5, 5.41) is 0. The smallest absolute Gasteiger partial charge is 0.300 e. The quantitative estimate of drug-likeness (QED) is 0.193. The van der Waals surface area contributed by atoms with Crippen molar-refractivity contribution in [3.63, 3.8) is 0 Å². The van der Waals surface area contributed by atoms with Crippen LogP contribution in [0.2, 0.25) is 0 Å². The number of hydrazine groups is 2. The van der Waals surface area contributed by atoms with Crippen LogP contribution in [0.3, 0.4) is 0 Å². The van der Waals surface area contributed by atoms with Crippen molar-refractivity contribution >= 4 is 11.8 Å². The average molecular weight is 148 g/mol. The standard InChI is InChI=1S/C3H6O.CH6N4O/c1-3(2)4;2-4-1(6)5-3/h1-2H3;2-3H2,(H2,4,5,6). The van der Waals surface area contributed by atoms with Crippen molar-refractivity contribution in [2.24, 2.45) is 11.7 Å². The van der Waals surface area contributed by atoms with E-state index in [1.807, 2.05) is 0 Å². The molecule has 0 aromatic heterocycles. The van der Waals surface area contributed by atoms with Gasteiger partial charge in [0.15, 0.2) is 0 Å². The molecule has 0 radical (unpaired) electrons. The summed E-state index contributed by atoms with van der Waals surface area (Å²) < 4.78 is 0. The van der Waals surface area contributed by atoms with E-state index in [2.05, 4.69) is 11.7 Å². The molecule has 0 aromatic rings. The third-order valence-corrected chi connectivity index (χ3v) is 0.262. The fourth-order valence-corrected chi connectivity index (χ4v) is 0.0417. The molecule has 0 aliphatic heterocycles. The van der Waals surface area contributed by atoms with Crippen molar-refractivity contribution in [1.29, 1.82) is 0 Å². The lowest BCUT2D eigenvalue weighted by Gasteiger charge is -1.90. The number of ketones is 1. The predicted octanol–water partition coefficient (Wildman–Crippen LogP) is -1.37. The molecule has 60 valence electrons. The van der Waals surface area contributed by atoms with Gasteiger partial charge in [0.1, 0.15) is 5.78 Å². The van der Waals surface area contributed by atoms with Gasteiger partial charge in [0.05, 0.1) is 0 Å². The largest absolute Gasteiger partial charge is 0.343 e. The fourth-order valence-electron chi connectivity index (χ4n) is 0.0417. The van der Waals surface area contributed by atoms with Gasteiger partial charge in [-0.25, -0.2) is 16.5 Å². The van der Waals surface area contributed by atoms with Crippen LogP contribution < -0.4 is 22.5 Å². The van der Waals surface area contributed by atoms with Crippen LogP contribution >= 0.6 is 0 Å². The van der Waals surface area contributed by atoms with Gasteiger partial charge < -0.3 is 4.79 Å². The third kappa shape index (κ3) is 28.8. The van der Waals surface area contributed by atoms with Gasteiger partial charge in [-0.1, -0.05) is 0 Å². The molecule has 10 heavy (non-hydrogen) atoms. The van der Waals surface area contributed by atoms with Gasteiger partial charge in [0, 0.05) is 0 Å². The van der Waals surface area contributed by atoms with Gasteiger partial charge in [-0.3, -0.25) is 10.9 Å². The molecule has 0 bridgehead atoms. The Hall–Kier alpha value is -1.14. The zero-order chi connectivity index (χ0) is 8.57. The summed E-state index contributed by atoms with van der Waals surface area (Å²) in [5.74, 6) is 9.25. The Kier molecular flexibility index (Phi) is 9.14. The molecule has 0 unspecified atom stereocenters. The van der Waals surface area contributed by atoms with Crippen molar-refractivity contribution in [2.45, 2.75) is 13.8 Å². The molecule has 2 amide bonds. The Bertz CT molecular complexity index is 104. The number of carbonyl (C=O) groups excluding carboxylic acids is 2. The molecule has 0 atom stereocenters. The summed E-state index contributed by atoms with van der Waals surface area (Å²) in [6.45, 7) is 3.06. The second-order valence-corrected chi connectivity index (χ2v) is 1.53. The van der Waals surface area contributed by atoms with Crippen LogP contribution in [0, 0.1) is 0 Å². The first-order valence-electron chi connectivity index (χ1n) is 2.49. The molecule has 6 heteroatoms. The zero-order valence-corrected chi connectivity index (χ0v) is 5.97. The first-order chi connectivity index (χ1) is 4.54. The third-order valence-electron chi connectivity index (χ3n) is 0.262. The molecule has 6 N–H and O–H groups in total. The predicted molar refractivity (Wildman–Crippen MR) is 36.4 cm³/mol. The molecule has 0 aliphatic rings. The van der Waals surface area contributed by atoms with Gasteiger partial charge in [-0.05, 0) is 13.8 Å². The molecule has 0 spiro atoms. The number of amides is 2. The number of urea groups is 1. The van der Waals surface area contributed by atoms with Crippen LogP contribution in [0.25, 0.3) is 0 Å². The van der Waals surface area contributed by atoms with Gasteiger partial charge >= 0.3 is 6.03 Å². The van der Waals surface area contributed by atoms with Gasteiger partial charge in [-0.15, -0.1) is 0 Å². The SMILES string of the molecule is CC(C)=O.NNC(=O)NN. The maximum absolute atomic E-state index is 9.71. The topological polar surface area (TPSA) is 110 Å². The van der Waals surface area contributed by atoms with E-state index in [9.17, 15) is 9.59 Å². The Balaban J connectivity index is 0. The van der Waals surface area contributed by atoms with Gasteiger partial charge in [-0.2, -0.15) is 0 Å². The van der Waals surface area contributed by atoms with Gasteiger partial charge in [0.25, 0.3) is 0 Å². The molecule has 0 heterocycles. The number of Topliss-reactive ketones (excluding diaryl/α,β-unsaturated/α-hetero) is 1. The highest BCUT2D eigenvalue weighted by molar-refractivity contribution is 5.72. The number of rotatable bonds is 0. The monoisotopic (exact) mass is 148 g/mol. The van der Waals surface area contributed by atoms with Crippen LogP contribution in [0.15, 0.2) is 0 Å². The summed E-state index contributed by atoms with van der Waals surface area (Å²) in [4.78, 5) is 19.2. The number of hydrogen-bond donors (Lipinski definition) is 4. The molecule has 0 aromatic carbocycles. The summed E-state index contributed by atoms with van der Waals surface area (Å²) in [7, 11) is 0. The van der Waals surface area contributed by atoms with Crippen LogP contribution in [-0.4, -0.2) is 11.8 Å². The van der Waals surface area contributed by atoms with E-state index in [-0.39, 0.29) is 5.78 Å². The van der Waals surface area contributed by atoms with Crippen molar-refractivity contribution < 1.29 is 9.59 Å². The Morgan fingerprint density at radius 1 is 1.10 bits per heavy atom. The van der Waals surface area contributed by atoms with Crippen LogP contribution in [0.1, 0.15) is 13.8 Å². The summed E-state index contributed by atoms with van der Waals surface area (Å²) >= 11 is 0. The van der Waals surface area contributed by atoms with Crippen molar-refractivity contribution in [3.8, 4) is 0 Å². The zero-order valence-electron chi connectivity index (χ0n) is 5.97. The number of hydrogen-bond acceptors (Lipinski definition) is 4. The van der Waals surface area contributed by atoms with Crippen LogP contribution in [0.5, 0.6) is 0 Å². The maximum atomic E-state index is 9.71. The number of nitrogens with one attached hydrogen (secondary N) is 2. The van der Waals surface area contributed by atoms with Crippen LogP contribution in [0.4, 0.5) is 4.79 Å². The van der Waals surface area contributed by atoms with Crippen molar-refractivity contribution in [2.75, 3.05) is 0 Å². The Morgan fingerprint density at radius 3 is 1.30 bits per heavy atom. The highest BCUT2D eigenvalue weighted by Crippen LogP contribution is 1.50. The van der Waals surface area contributed by atoms with E-state index in [0.29, 0.717) is 0 Å². The minimum absolute atomic E-state index is 0.167. The minimum Gasteiger partial charge on any atom is -0.300 e. The summed E-state index contributed by atoms with van der Waals surface area (Å²) in [6, 6.07) is -0.602. The average Bonchev–Trinajstić information content (AvgIpc) is 1.85. The summed E-state index contributed by atoms with van der Waals surface area (Å²) in [6.07, 6.45) is 0. The molecule has 0 saturated carbocycles. The molecule has 6 nitrogen and oxygen atoms in total. The second kappa shape index (κ2) is 7.86. The fraction of sp³-hybridized carbons (Fsp3) is 0.500. The molecule has 0 saturated heterocycles. The lowest BCUT2D eigenvalue weighted by molar-refractivity contribution is -0.114. The summed E-state index contributed by atoms with van der Waals surface area (Å²) in [5.41, 5.74) is 3.48. The molecule has 0 aliphatic carbocycles. The Labute approximate surface area is 58.9 Å². The lowest BCUT2D eigenvalue weighted by Crippen LogP contribution is -2.43. The highest BCUT2D eigenvalue weighted by atomic mass is 16.2. The molecule has 0 rings (SSSR count). The molecular weight excluding hydrogens is 136 g/mol. The number of carbonyl (C=O) groups is 2. The van der Waals surface area contributed by atoms with Crippen molar-refractivity contribution in [1.82, 2.24) is 10.9 Å². The first kappa shape index (κ1) is 11.6. The van der Waals surface area contributed by atoms with E-state index in [0.717, 1.165) is 0 Å². The van der Waals surface area contributed by atoms with Crippen molar-refractivity contribution in [3.05, 3.63) is 0 Å². The maximum Gasteiger partial charge on any atom is 0.343 e. The minimum atomic E-state index is -0.602. The van der Waals surface area contributed by atoms with E-state index < -0.39 is 6.03 Å². The highest BCUT2D eigenvalue weighted by Gasteiger charge is 1.82. The molecular formula is C4H12N4O2.